The Bertz CT molecular complexity index is 158. The van der Waals surface area contributed by atoms with Crippen molar-refractivity contribution < 1.29 is 14.2 Å². The van der Waals surface area contributed by atoms with Crippen LogP contribution in [0.1, 0.15) is 47.0 Å². The van der Waals surface area contributed by atoms with E-state index in [1.807, 2.05) is 0 Å². The highest BCUT2D eigenvalue weighted by atomic mass is 16.5. The minimum atomic E-state index is 0.291. The van der Waals surface area contributed by atoms with E-state index >= 15 is 0 Å². The predicted octanol–water partition coefficient (Wildman–Crippen LogP) is 3.27. The van der Waals surface area contributed by atoms with Crippen molar-refractivity contribution in [1.29, 1.82) is 0 Å². The molecule has 0 heterocycles. The van der Waals surface area contributed by atoms with Crippen molar-refractivity contribution in [2.45, 2.75) is 47.0 Å². The summed E-state index contributed by atoms with van der Waals surface area (Å²) in [5.41, 5.74) is 0.291. The lowest BCUT2D eigenvalue weighted by Crippen LogP contribution is -2.20. The molecule has 0 fully saturated rings. The monoisotopic (exact) mass is 246 g/mol. The van der Waals surface area contributed by atoms with Gasteiger partial charge in [-0.15, -0.1) is 0 Å². The van der Waals surface area contributed by atoms with Crippen LogP contribution in [0.3, 0.4) is 0 Å². The fourth-order valence-corrected chi connectivity index (χ4v) is 1.68. The fraction of sp³-hybridized carbons (Fsp3) is 1.00. The van der Waals surface area contributed by atoms with Gasteiger partial charge >= 0.3 is 0 Å². The first-order chi connectivity index (χ1) is 8.12. The molecule has 0 aliphatic rings. The Hall–Kier alpha value is -0.120. The van der Waals surface area contributed by atoms with Gasteiger partial charge in [-0.1, -0.05) is 34.1 Å². The van der Waals surface area contributed by atoms with Gasteiger partial charge in [0.2, 0.25) is 0 Å². The Morgan fingerprint density at radius 3 is 1.76 bits per heavy atom. The molecule has 0 aliphatic heterocycles. The molecule has 3 nitrogen and oxygen atoms in total. The second-order valence-corrected chi connectivity index (χ2v) is 5.19. The van der Waals surface area contributed by atoms with Crippen LogP contribution in [0, 0.1) is 5.41 Å². The zero-order valence-corrected chi connectivity index (χ0v) is 12.1. The standard InChI is InChI=1S/C14H30O3/c1-5-7-14(3,4)13-17-12-11-16-10-9-15-8-6-2/h5-13H2,1-4H3. The van der Waals surface area contributed by atoms with Crippen molar-refractivity contribution in [1.82, 2.24) is 0 Å². The molecule has 0 unspecified atom stereocenters. The molecule has 0 bridgehead atoms. The maximum atomic E-state index is 5.61. The summed E-state index contributed by atoms with van der Waals surface area (Å²) in [5.74, 6) is 0. The van der Waals surface area contributed by atoms with Gasteiger partial charge in [0, 0.05) is 6.61 Å². The molecule has 0 saturated heterocycles. The van der Waals surface area contributed by atoms with Crippen LogP contribution in [0.5, 0.6) is 0 Å². The van der Waals surface area contributed by atoms with Crippen LogP contribution in [-0.2, 0) is 14.2 Å². The van der Waals surface area contributed by atoms with Gasteiger partial charge in [-0.2, -0.15) is 0 Å². The third-order valence-corrected chi connectivity index (χ3v) is 2.51. The van der Waals surface area contributed by atoms with Crippen LogP contribution < -0.4 is 0 Å². The summed E-state index contributed by atoms with van der Waals surface area (Å²) in [4.78, 5) is 0. The second-order valence-electron chi connectivity index (χ2n) is 5.19. The van der Waals surface area contributed by atoms with Crippen molar-refractivity contribution >= 4 is 0 Å². The molecule has 0 radical (unpaired) electrons. The average Bonchev–Trinajstić information content (AvgIpc) is 2.27. The Kier molecular flexibility index (Phi) is 10.9. The van der Waals surface area contributed by atoms with E-state index in [-0.39, 0.29) is 0 Å². The van der Waals surface area contributed by atoms with Crippen LogP contribution in [-0.4, -0.2) is 39.6 Å². The number of ether oxygens (including phenoxy) is 3. The van der Waals surface area contributed by atoms with Crippen LogP contribution >= 0.6 is 0 Å². The SMILES string of the molecule is CCCOCCOCCOCC(C)(C)CCC. The summed E-state index contributed by atoms with van der Waals surface area (Å²) in [6, 6.07) is 0. The summed E-state index contributed by atoms with van der Waals surface area (Å²) in [6.45, 7) is 13.1. The highest BCUT2D eigenvalue weighted by Crippen LogP contribution is 2.21. The zero-order valence-electron chi connectivity index (χ0n) is 12.1. The predicted molar refractivity (Wildman–Crippen MR) is 71.4 cm³/mol. The van der Waals surface area contributed by atoms with Crippen molar-refractivity contribution in [3.8, 4) is 0 Å². The Morgan fingerprint density at radius 1 is 0.706 bits per heavy atom. The van der Waals surface area contributed by atoms with Gasteiger partial charge in [-0.3, -0.25) is 0 Å². The van der Waals surface area contributed by atoms with Gasteiger partial charge in [0.05, 0.1) is 33.0 Å². The first kappa shape index (κ1) is 16.9. The summed E-state index contributed by atoms with van der Waals surface area (Å²) in [5, 5.41) is 0. The third-order valence-electron chi connectivity index (χ3n) is 2.51. The van der Waals surface area contributed by atoms with Gasteiger partial charge in [-0.05, 0) is 18.3 Å². The molecule has 0 aromatic carbocycles. The molecule has 0 saturated carbocycles. The Balaban J connectivity index is 3.18. The van der Waals surface area contributed by atoms with Crippen molar-refractivity contribution in [3.05, 3.63) is 0 Å². The molecule has 17 heavy (non-hydrogen) atoms. The van der Waals surface area contributed by atoms with Crippen molar-refractivity contribution in [2.75, 3.05) is 39.6 Å². The number of hydrogen-bond acceptors (Lipinski definition) is 3. The summed E-state index contributed by atoms with van der Waals surface area (Å²) >= 11 is 0. The quantitative estimate of drug-likeness (QED) is 0.495. The Morgan fingerprint density at radius 2 is 1.24 bits per heavy atom. The second kappa shape index (κ2) is 11.0. The summed E-state index contributed by atoms with van der Waals surface area (Å²) < 4.78 is 16.3. The topological polar surface area (TPSA) is 27.7 Å². The van der Waals surface area contributed by atoms with Crippen LogP contribution in [0.4, 0.5) is 0 Å². The largest absolute Gasteiger partial charge is 0.379 e. The van der Waals surface area contributed by atoms with Crippen molar-refractivity contribution in [2.24, 2.45) is 5.41 Å². The van der Waals surface area contributed by atoms with Crippen LogP contribution in [0.15, 0.2) is 0 Å². The molecule has 0 spiro atoms. The van der Waals surface area contributed by atoms with Gasteiger partial charge in [0.1, 0.15) is 0 Å². The van der Waals surface area contributed by atoms with Crippen LogP contribution in [0.25, 0.3) is 0 Å². The first-order valence-electron chi connectivity index (χ1n) is 6.85. The van der Waals surface area contributed by atoms with Gasteiger partial charge in [0.15, 0.2) is 0 Å². The highest BCUT2D eigenvalue weighted by molar-refractivity contribution is 4.66. The molecular formula is C14H30O3. The first-order valence-corrected chi connectivity index (χ1v) is 6.85. The lowest BCUT2D eigenvalue weighted by atomic mass is 9.89. The maximum Gasteiger partial charge on any atom is 0.0701 e. The minimum absolute atomic E-state index is 0.291. The van der Waals surface area contributed by atoms with E-state index in [2.05, 4.69) is 27.7 Å². The average molecular weight is 246 g/mol. The lowest BCUT2D eigenvalue weighted by molar-refractivity contribution is -0.00490. The molecule has 3 heteroatoms. The Labute approximate surface area is 107 Å². The fourth-order valence-electron chi connectivity index (χ4n) is 1.68. The molecule has 0 N–H and O–H groups in total. The minimum Gasteiger partial charge on any atom is -0.379 e. The van der Waals surface area contributed by atoms with E-state index in [0.717, 1.165) is 19.6 Å². The molecule has 0 rings (SSSR count). The van der Waals surface area contributed by atoms with E-state index in [1.165, 1.54) is 12.8 Å². The van der Waals surface area contributed by atoms with Gasteiger partial charge in [0.25, 0.3) is 0 Å². The summed E-state index contributed by atoms with van der Waals surface area (Å²) in [6.07, 6.45) is 3.48. The smallest absolute Gasteiger partial charge is 0.0701 e. The van der Waals surface area contributed by atoms with Crippen molar-refractivity contribution in [3.63, 3.8) is 0 Å². The molecule has 0 aromatic rings. The summed E-state index contributed by atoms with van der Waals surface area (Å²) in [7, 11) is 0. The highest BCUT2D eigenvalue weighted by Gasteiger charge is 2.16. The number of rotatable bonds is 12. The molecule has 0 aliphatic carbocycles. The van der Waals surface area contributed by atoms with Gasteiger partial charge < -0.3 is 14.2 Å². The molecule has 0 amide bonds. The van der Waals surface area contributed by atoms with E-state index in [1.54, 1.807) is 0 Å². The molecule has 0 atom stereocenters. The maximum absolute atomic E-state index is 5.61. The zero-order chi connectivity index (χ0) is 13.0. The van der Waals surface area contributed by atoms with E-state index in [4.69, 9.17) is 14.2 Å². The number of hydrogen-bond donors (Lipinski definition) is 0. The van der Waals surface area contributed by atoms with E-state index in [0.29, 0.717) is 31.8 Å². The van der Waals surface area contributed by atoms with Crippen LogP contribution in [0.2, 0.25) is 0 Å². The van der Waals surface area contributed by atoms with E-state index in [9.17, 15) is 0 Å². The molecule has 0 aromatic heterocycles. The lowest BCUT2D eigenvalue weighted by Gasteiger charge is -2.23. The molecule has 104 valence electrons. The normalized spacial score (nSPS) is 12.0. The van der Waals surface area contributed by atoms with E-state index < -0.39 is 0 Å². The molecular weight excluding hydrogens is 216 g/mol. The van der Waals surface area contributed by atoms with Gasteiger partial charge in [-0.25, -0.2) is 0 Å². The third kappa shape index (κ3) is 12.1.